The molecule has 2 amide bonds. The fourth-order valence-electron chi connectivity index (χ4n) is 1.66. The maximum absolute atomic E-state index is 11.9. The van der Waals surface area contributed by atoms with Crippen molar-refractivity contribution in [2.75, 3.05) is 11.9 Å². The van der Waals surface area contributed by atoms with E-state index in [4.69, 9.17) is 27.7 Å². The summed E-state index contributed by atoms with van der Waals surface area (Å²) in [5.74, 6) is 0.341. The second kappa shape index (κ2) is 7.29. The number of nitrogens with zero attached hydrogens (tertiary/aromatic N) is 1. The van der Waals surface area contributed by atoms with Crippen LogP contribution in [-0.2, 0) is 4.79 Å². The Morgan fingerprint density at radius 1 is 1.23 bits per heavy atom. The van der Waals surface area contributed by atoms with E-state index >= 15 is 0 Å². The quantitative estimate of drug-likeness (QED) is 0.875. The number of nitrogens with one attached hydrogen (secondary N) is 2. The van der Waals surface area contributed by atoms with Gasteiger partial charge < -0.3 is 15.2 Å². The fourth-order valence-corrected chi connectivity index (χ4v) is 1.96. The van der Waals surface area contributed by atoms with E-state index in [1.807, 2.05) is 0 Å². The molecule has 0 aliphatic heterocycles. The summed E-state index contributed by atoms with van der Waals surface area (Å²) < 4.78 is 4.83. The third-order valence-corrected chi connectivity index (χ3v) is 3.45. The van der Waals surface area contributed by atoms with Gasteiger partial charge in [0.15, 0.2) is 5.82 Å². The molecule has 0 aliphatic carbocycles. The van der Waals surface area contributed by atoms with Gasteiger partial charge in [-0.2, -0.15) is 0 Å². The van der Waals surface area contributed by atoms with E-state index < -0.39 is 0 Å². The maximum atomic E-state index is 11.9. The Hall–Kier alpha value is -2.05. The largest absolute Gasteiger partial charge is 0.360 e. The zero-order chi connectivity index (χ0) is 16.1. The number of hydrogen-bond acceptors (Lipinski definition) is 4. The predicted molar refractivity (Wildman–Crippen MR) is 83.3 cm³/mol. The zero-order valence-corrected chi connectivity index (χ0v) is 13.2. The molecule has 0 atom stereocenters. The van der Waals surface area contributed by atoms with Crippen molar-refractivity contribution in [2.24, 2.45) is 0 Å². The van der Waals surface area contributed by atoms with E-state index in [-0.39, 0.29) is 24.8 Å². The summed E-state index contributed by atoms with van der Waals surface area (Å²) in [6.07, 6.45) is 0.110. The van der Waals surface area contributed by atoms with Crippen LogP contribution in [0.5, 0.6) is 0 Å². The molecule has 0 saturated carbocycles. The first-order chi connectivity index (χ1) is 10.5. The van der Waals surface area contributed by atoms with Gasteiger partial charge in [-0.1, -0.05) is 28.4 Å². The lowest BCUT2D eigenvalue weighted by Crippen LogP contribution is -2.27. The summed E-state index contributed by atoms with van der Waals surface area (Å²) in [7, 11) is 0. The molecule has 116 valence electrons. The molecule has 0 fully saturated rings. The third kappa shape index (κ3) is 4.47. The lowest BCUT2D eigenvalue weighted by Gasteiger charge is -2.06. The Morgan fingerprint density at radius 3 is 2.64 bits per heavy atom. The Labute approximate surface area is 136 Å². The van der Waals surface area contributed by atoms with Gasteiger partial charge in [0, 0.05) is 24.6 Å². The molecule has 1 aromatic carbocycles. The Balaban J connectivity index is 1.79. The van der Waals surface area contributed by atoms with Gasteiger partial charge in [0.2, 0.25) is 5.91 Å². The summed E-state index contributed by atoms with van der Waals surface area (Å²) in [5, 5.41) is 9.50. The number of hydrogen-bond donors (Lipinski definition) is 2. The molecule has 1 aromatic heterocycles. The first-order valence-electron chi connectivity index (χ1n) is 6.42. The molecule has 0 radical (unpaired) electrons. The molecular formula is C14H13Cl2N3O3. The number of benzene rings is 1. The first-order valence-corrected chi connectivity index (χ1v) is 7.17. The molecule has 2 N–H and O–H groups in total. The van der Waals surface area contributed by atoms with Gasteiger partial charge in [0.1, 0.15) is 5.76 Å². The Kier molecular flexibility index (Phi) is 5.41. The van der Waals surface area contributed by atoms with Crippen LogP contribution in [0.3, 0.4) is 0 Å². The summed E-state index contributed by atoms with van der Waals surface area (Å²) in [6.45, 7) is 1.90. The number of anilines is 1. The normalized spacial score (nSPS) is 10.3. The predicted octanol–water partition coefficient (Wildman–Crippen LogP) is 3.05. The molecule has 6 nitrogen and oxygen atoms in total. The highest BCUT2D eigenvalue weighted by atomic mass is 35.5. The van der Waals surface area contributed by atoms with Gasteiger partial charge in [-0.3, -0.25) is 9.59 Å². The second-order valence-electron chi connectivity index (χ2n) is 4.51. The lowest BCUT2D eigenvalue weighted by molar-refractivity contribution is -0.116. The average molecular weight is 342 g/mol. The van der Waals surface area contributed by atoms with Gasteiger partial charge in [0.25, 0.3) is 5.91 Å². The highest BCUT2D eigenvalue weighted by molar-refractivity contribution is 6.42. The summed E-state index contributed by atoms with van der Waals surface area (Å²) in [5.41, 5.74) is 0.377. The lowest BCUT2D eigenvalue weighted by atomic mass is 10.2. The van der Waals surface area contributed by atoms with Crippen molar-refractivity contribution < 1.29 is 14.1 Å². The van der Waals surface area contributed by atoms with Crippen LogP contribution in [0, 0.1) is 6.92 Å². The standard InChI is InChI=1S/C14H13Cl2N3O3/c1-8-6-12(19-22-8)18-13(20)4-5-17-14(21)9-2-3-10(15)11(16)7-9/h2-3,6-7H,4-5H2,1H3,(H,17,21)(H,18,19,20). The van der Waals surface area contributed by atoms with Gasteiger partial charge in [0.05, 0.1) is 10.0 Å². The molecule has 0 bridgehead atoms. The van der Waals surface area contributed by atoms with Crippen LogP contribution >= 0.6 is 23.2 Å². The third-order valence-electron chi connectivity index (χ3n) is 2.71. The van der Waals surface area contributed by atoms with Crippen LogP contribution in [0.25, 0.3) is 0 Å². The molecule has 22 heavy (non-hydrogen) atoms. The molecular weight excluding hydrogens is 329 g/mol. The first kappa shape index (κ1) is 16.3. The second-order valence-corrected chi connectivity index (χ2v) is 5.32. The number of aromatic nitrogens is 1. The summed E-state index contributed by atoms with van der Waals surface area (Å²) in [6, 6.07) is 6.17. The van der Waals surface area contributed by atoms with Gasteiger partial charge >= 0.3 is 0 Å². The van der Waals surface area contributed by atoms with Crippen LogP contribution in [-0.4, -0.2) is 23.5 Å². The van der Waals surface area contributed by atoms with E-state index in [0.717, 1.165) is 0 Å². The number of halogens is 2. The minimum atomic E-state index is -0.330. The number of amides is 2. The van der Waals surface area contributed by atoms with Gasteiger partial charge in [-0.25, -0.2) is 0 Å². The van der Waals surface area contributed by atoms with Crippen molar-refractivity contribution in [1.29, 1.82) is 0 Å². The molecule has 2 aromatic rings. The minimum absolute atomic E-state index is 0.110. The highest BCUT2D eigenvalue weighted by Crippen LogP contribution is 2.22. The molecule has 0 unspecified atom stereocenters. The molecule has 2 rings (SSSR count). The van der Waals surface area contributed by atoms with E-state index in [2.05, 4.69) is 15.8 Å². The number of rotatable bonds is 5. The van der Waals surface area contributed by atoms with Crippen molar-refractivity contribution in [1.82, 2.24) is 10.5 Å². The topological polar surface area (TPSA) is 84.2 Å². The maximum Gasteiger partial charge on any atom is 0.251 e. The number of aryl methyl sites for hydroxylation is 1. The highest BCUT2D eigenvalue weighted by Gasteiger charge is 2.10. The van der Waals surface area contributed by atoms with Crippen LogP contribution < -0.4 is 10.6 Å². The Bertz CT molecular complexity index is 700. The molecule has 0 spiro atoms. The average Bonchev–Trinajstić information content (AvgIpc) is 2.86. The van der Waals surface area contributed by atoms with Crippen molar-refractivity contribution in [3.8, 4) is 0 Å². The van der Waals surface area contributed by atoms with Crippen LogP contribution in [0.2, 0.25) is 10.0 Å². The molecule has 0 saturated heterocycles. The molecule has 0 aliphatic rings. The SMILES string of the molecule is Cc1cc(NC(=O)CCNC(=O)c2ccc(Cl)c(Cl)c2)no1. The van der Waals surface area contributed by atoms with Crippen LogP contribution in [0.4, 0.5) is 5.82 Å². The molecule has 8 heteroatoms. The van der Waals surface area contributed by atoms with Gasteiger partial charge in [-0.15, -0.1) is 0 Å². The fraction of sp³-hybridized carbons (Fsp3) is 0.214. The van der Waals surface area contributed by atoms with E-state index in [1.54, 1.807) is 25.1 Å². The van der Waals surface area contributed by atoms with Crippen molar-refractivity contribution in [3.63, 3.8) is 0 Å². The Morgan fingerprint density at radius 2 is 2.00 bits per heavy atom. The smallest absolute Gasteiger partial charge is 0.251 e. The van der Waals surface area contributed by atoms with Crippen LogP contribution in [0.15, 0.2) is 28.8 Å². The van der Waals surface area contributed by atoms with Crippen molar-refractivity contribution in [3.05, 3.63) is 45.6 Å². The van der Waals surface area contributed by atoms with Crippen LogP contribution in [0.1, 0.15) is 22.5 Å². The minimum Gasteiger partial charge on any atom is -0.360 e. The van der Waals surface area contributed by atoms with E-state index in [1.165, 1.54) is 6.07 Å². The van der Waals surface area contributed by atoms with Gasteiger partial charge in [-0.05, 0) is 25.1 Å². The zero-order valence-electron chi connectivity index (χ0n) is 11.7. The molecule has 1 heterocycles. The number of carbonyl (C=O) groups excluding carboxylic acids is 2. The monoisotopic (exact) mass is 341 g/mol. The summed E-state index contributed by atoms with van der Waals surface area (Å²) in [4.78, 5) is 23.5. The van der Waals surface area contributed by atoms with E-state index in [0.29, 0.717) is 27.2 Å². The number of carbonyl (C=O) groups is 2. The van der Waals surface area contributed by atoms with E-state index in [9.17, 15) is 9.59 Å². The van der Waals surface area contributed by atoms with Crippen molar-refractivity contribution >= 4 is 40.8 Å². The summed E-state index contributed by atoms with van der Waals surface area (Å²) >= 11 is 11.6. The van der Waals surface area contributed by atoms with Crippen molar-refractivity contribution in [2.45, 2.75) is 13.3 Å².